The molecule has 3 unspecified atom stereocenters. The average Bonchev–Trinajstić information content (AvgIpc) is 2.99. The molecule has 2 aliphatic rings. The molecule has 15 heavy (non-hydrogen) atoms. The van der Waals surface area contributed by atoms with Crippen LogP contribution in [0.1, 0.15) is 32.6 Å². The van der Waals surface area contributed by atoms with Gasteiger partial charge in [-0.1, -0.05) is 13.3 Å². The summed E-state index contributed by atoms with van der Waals surface area (Å²) in [5, 5.41) is 7.28. The Labute approximate surface area is 98.0 Å². The number of hydrogen-bond acceptors (Lipinski definition) is 3. The Hall–Kier alpha value is 0.270. The second kappa shape index (κ2) is 6.12. The smallest absolute Gasteiger partial charge is 0.0170 e. The molecule has 1 heterocycles. The van der Waals surface area contributed by atoms with E-state index in [-0.39, 0.29) is 0 Å². The highest BCUT2D eigenvalue weighted by Gasteiger charge is 2.35. The molecule has 0 aromatic heterocycles. The van der Waals surface area contributed by atoms with Gasteiger partial charge in [0.25, 0.3) is 0 Å². The van der Waals surface area contributed by atoms with E-state index in [2.05, 4.69) is 29.3 Å². The highest BCUT2D eigenvalue weighted by molar-refractivity contribution is 7.99. The van der Waals surface area contributed by atoms with Crippen molar-refractivity contribution >= 4 is 11.8 Å². The summed E-state index contributed by atoms with van der Waals surface area (Å²) in [6.07, 6.45) is 5.52. The maximum absolute atomic E-state index is 3.69. The molecule has 3 heteroatoms. The van der Waals surface area contributed by atoms with Gasteiger partial charge in [0, 0.05) is 30.1 Å². The Kier molecular flexibility index (Phi) is 4.79. The highest BCUT2D eigenvalue weighted by atomic mass is 32.2. The van der Waals surface area contributed by atoms with E-state index in [0.717, 1.165) is 18.0 Å². The van der Waals surface area contributed by atoms with Crippen LogP contribution in [0.25, 0.3) is 0 Å². The molecule has 2 N–H and O–H groups in total. The predicted molar refractivity (Wildman–Crippen MR) is 68.5 cm³/mol. The fraction of sp³-hybridized carbons (Fsp3) is 1.00. The molecular formula is C12H24N2S. The molecule has 88 valence electrons. The van der Waals surface area contributed by atoms with Crippen molar-refractivity contribution in [2.24, 2.45) is 5.92 Å². The van der Waals surface area contributed by atoms with E-state index >= 15 is 0 Å². The standard InChI is InChI=1S/C12H24N2S/c1-2-3-10-8-12(10)14-5-4-11-9-15-7-6-13-11/h10-14H,2-9H2,1H3. The lowest BCUT2D eigenvalue weighted by Gasteiger charge is -2.23. The second-order valence-electron chi connectivity index (χ2n) is 4.86. The van der Waals surface area contributed by atoms with E-state index in [1.165, 1.54) is 50.3 Å². The quantitative estimate of drug-likeness (QED) is 0.725. The molecular weight excluding hydrogens is 204 g/mol. The van der Waals surface area contributed by atoms with Gasteiger partial charge in [0.2, 0.25) is 0 Å². The van der Waals surface area contributed by atoms with Crippen molar-refractivity contribution in [2.75, 3.05) is 24.6 Å². The fourth-order valence-corrected chi connectivity index (χ4v) is 3.43. The van der Waals surface area contributed by atoms with Crippen molar-refractivity contribution in [1.29, 1.82) is 0 Å². The van der Waals surface area contributed by atoms with Gasteiger partial charge in [-0.25, -0.2) is 0 Å². The fourth-order valence-electron chi connectivity index (χ4n) is 2.44. The molecule has 2 rings (SSSR count). The Morgan fingerprint density at radius 2 is 2.33 bits per heavy atom. The minimum atomic E-state index is 0.764. The molecule has 3 atom stereocenters. The van der Waals surface area contributed by atoms with Crippen molar-refractivity contribution in [3.8, 4) is 0 Å². The molecule has 1 saturated carbocycles. The van der Waals surface area contributed by atoms with Crippen molar-refractivity contribution in [3.05, 3.63) is 0 Å². The van der Waals surface area contributed by atoms with Gasteiger partial charge in [-0.15, -0.1) is 0 Å². The molecule has 1 aliphatic carbocycles. The third-order valence-electron chi connectivity index (χ3n) is 3.48. The molecule has 1 saturated heterocycles. The maximum atomic E-state index is 3.69. The van der Waals surface area contributed by atoms with E-state index in [4.69, 9.17) is 0 Å². The zero-order valence-electron chi connectivity index (χ0n) is 9.80. The van der Waals surface area contributed by atoms with E-state index in [0.29, 0.717) is 0 Å². The monoisotopic (exact) mass is 228 g/mol. The van der Waals surface area contributed by atoms with Crippen LogP contribution in [0.4, 0.5) is 0 Å². The Morgan fingerprint density at radius 3 is 3.07 bits per heavy atom. The molecule has 0 radical (unpaired) electrons. The van der Waals surface area contributed by atoms with Crippen LogP contribution in [0.3, 0.4) is 0 Å². The van der Waals surface area contributed by atoms with Crippen LogP contribution in [-0.2, 0) is 0 Å². The lowest BCUT2D eigenvalue weighted by molar-refractivity contribution is 0.493. The summed E-state index contributed by atoms with van der Waals surface area (Å²) in [5.41, 5.74) is 0. The van der Waals surface area contributed by atoms with Crippen molar-refractivity contribution in [1.82, 2.24) is 10.6 Å². The molecule has 2 nitrogen and oxygen atoms in total. The third kappa shape index (κ3) is 3.97. The number of hydrogen-bond donors (Lipinski definition) is 2. The van der Waals surface area contributed by atoms with E-state index in [9.17, 15) is 0 Å². The summed E-state index contributed by atoms with van der Waals surface area (Å²) in [6, 6.07) is 1.63. The van der Waals surface area contributed by atoms with E-state index in [1.807, 2.05) is 0 Å². The van der Waals surface area contributed by atoms with Crippen LogP contribution in [0.2, 0.25) is 0 Å². The zero-order valence-corrected chi connectivity index (χ0v) is 10.6. The number of rotatable bonds is 6. The van der Waals surface area contributed by atoms with Crippen molar-refractivity contribution in [3.63, 3.8) is 0 Å². The molecule has 0 amide bonds. The molecule has 0 bridgehead atoms. The van der Waals surface area contributed by atoms with Gasteiger partial charge < -0.3 is 10.6 Å². The van der Waals surface area contributed by atoms with Crippen LogP contribution in [0, 0.1) is 5.92 Å². The summed E-state index contributed by atoms with van der Waals surface area (Å²) < 4.78 is 0. The van der Waals surface area contributed by atoms with Gasteiger partial charge in [-0.3, -0.25) is 0 Å². The Morgan fingerprint density at radius 1 is 1.40 bits per heavy atom. The second-order valence-corrected chi connectivity index (χ2v) is 6.01. The molecule has 0 spiro atoms. The predicted octanol–water partition coefficient (Wildman–Crippen LogP) is 1.86. The van der Waals surface area contributed by atoms with Gasteiger partial charge in [-0.05, 0) is 31.7 Å². The van der Waals surface area contributed by atoms with Gasteiger partial charge >= 0.3 is 0 Å². The first-order chi connectivity index (χ1) is 7.40. The van der Waals surface area contributed by atoms with Crippen LogP contribution < -0.4 is 10.6 Å². The minimum Gasteiger partial charge on any atom is -0.314 e. The van der Waals surface area contributed by atoms with Crippen LogP contribution in [0.5, 0.6) is 0 Å². The summed E-state index contributed by atoms with van der Waals surface area (Å²) in [4.78, 5) is 0. The van der Waals surface area contributed by atoms with Crippen LogP contribution in [-0.4, -0.2) is 36.7 Å². The molecule has 2 fully saturated rings. The number of nitrogens with one attached hydrogen (secondary N) is 2. The first-order valence-electron chi connectivity index (χ1n) is 6.44. The lowest BCUT2D eigenvalue weighted by atomic mass is 10.2. The molecule has 0 aromatic carbocycles. The molecule has 0 aromatic rings. The largest absolute Gasteiger partial charge is 0.314 e. The summed E-state index contributed by atoms with van der Waals surface area (Å²) in [6.45, 7) is 4.71. The Balaban J connectivity index is 1.48. The highest BCUT2D eigenvalue weighted by Crippen LogP contribution is 2.34. The summed E-state index contributed by atoms with van der Waals surface area (Å²) >= 11 is 2.10. The van der Waals surface area contributed by atoms with Crippen LogP contribution in [0.15, 0.2) is 0 Å². The van der Waals surface area contributed by atoms with Crippen molar-refractivity contribution in [2.45, 2.75) is 44.7 Å². The normalized spacial score (nSPS) is 35.4. The van der Waals surface area contributed by atoms with E-state index in [1.54, 1.807) is 0 Å². The van der Waals surface area contributed by atoms with Crippen molar-refractivity contribution < 1.29 is 0 Å². The van der Waals surface area contributed by atoms with Gasteiger partial charge in [-0.2, -0.15) is 11.8 Å². The van der Waals surface area contributed by atoms with Gasteiger partial charge in [0.05, 0.1) is 0 Å². The summed E-state index contributed by atoms with van der Waals surface area (Å²) in [7, 11) is 0. The zero-order chi connectivity index (χ0) is 10.5. The average molecular weight is 228 g/mol. The summed E-state index contributed by atoms with van der Waals surface area (Å²) in [5.74, 6) is 3.61. The third-order valence-corrected chi connectivity index (χ3v) is 4.61. The Bertz CT molecular complexity index is 180. The molecule has 1 aliphatic heterocycles. The van der Waals surface area contributed by atoms with E-state index < -0.39 is 0 Å². The SMILES string of the molecule is CCCC1CC1NCCC1CSCCN1. The number of thioether (sulfide) groups is 1. The minimum absolute atomic E-state index is 0.764. The van der Waals surface area contributed by atoms with Gasteiger partial charge in [0.1, 0.15) is 0 Å². The lowest BCUT2D eigenvalue weighted by Crippen LogP contribution is -2.39. The topological polar surface area (TPSA) is 24.1 Å². The first kappa shape index (κ1) is 11.7. The van der Waals surface area contributed by atoms with Gasteiger partial charge in [0.15, 0.2) is 0 Å². The first-order valence-corrected chi connectivity index (χ1v) is 7.60. The van der Waals surface area contributed by atoms with Crippen LogP contribution >= 0.6 is 11.8 Å². The maximum Gasteiger partial charge on any atom is 0.0170 e.